The van der Waals surface area contributed by atoms with Crippen molar-refractivity contribution < 1.29 is 4.79 Å². The summed E-state index contributed by atoms with van der Waals surface area (Å²) in [5, 5.41) is 3.20. The van der Waals surface area contributed by atoms with Crippen LogP contribution >= 0.6 is 0 Å². The van der Waals surface area contributed by atoms with Gasteiger partial charge in [-0.25, -0.2) is 0 Å². The topological polar surface area (TPSA) is 55.1 Å². The minimum atomic E-state index is -0.375. The van der Waals surface area contributed by atoms with Gasteiger partial charge in [0.25, 0.3) is 0 Å². The molecule has 3 N–H and O–H groups in total. The summed E-state index contributed by atoms with van der Waals surface area (Å²) in [6.45, 7) is 4.52. The fraction of sp³-hybridized carbons (Fsp3) is 0.588. The standard InChI is InChI=1S/C17H26N2O/c1-3-17(4-2,12-18)16(20)19-15-11-14(15)10-13-8-6-5-7-9-13/h5-9,14-15H,3-4,10-12,18H2,1-2H3,(H,19,20). The Morgan fingerprint density at radius 1 is 1.30 bits per heavy atom. The van der Waals surface area contributed by atoms with E-state index in [1.807, 2.05) is 19.9 Å². The van der Waals surface area contributed by atoms with Gasteiger partial charge in [-0.2, -0.15) is 0 Å². The van der Waals surface area contributed by atoms with Gasteiger partial charge in [0.05, 0.1) is 5.41 Å². The summed E-state index contributed by atoms with van der Waals surface area (Å²) < 4.78 is 0. The fourth-order valence-corrected chi connectivity index (χ4v) is 2.84. The van der Waals surface area contributed by atoms with E-state index in [4.69, 9.17) is 5.73 Å². The van der Waals surface area contributed by atoms with Crippen LogP contribution < -0.4 is 11.1 Å². The Balaban J connectivity index is 1.86. The average Bonchev–Trinajstić information content (AvgIpc) is 3.20. The van der Waals surface area contributed by atoms with Crippen LogP contribution in [0, 0.1) is 11.3 Å². The Hall–Kier alpha value is -1.35. The molecule has 1 aromatic carbocycles. The molecular weight excluding hydrogens is 248 g/mol. The van der Waals surface area contributed by atoms with E-state index < -0.39 is 0 Å². The molecule has 0 saturated heterocycles. The molecule has 1 saturated carbocycles. The van der Waals surface area contributed by atoms with Crippen molar-refractivity contribution in [3.8, 4) is 0 Å². The van der Waals surface area contributed by atoms with Gasteiger partial charge in [-0.1, -0.05) is 44.2 Å². The van der Waals surface area contributed by atoms with Crippen LogP contribution in [0.4, 0.5) is 0 Å². The molecule has 1 amide bonds. The summed E-state index contributed by atoms with van der Waals surface area (Å²) in [4.78, 5) is 12.4. The molecule has 1 aliphatic carbocycles. The number of rotatable bonds is 7. The van der Waals surface area contributed by atoms with Crippen molar-refractivity contribution in [2.24, 2.45) is 17.1 Å². The van der Waals surface area contributed by atoms with Crippen LogP contribution in [0.3, 0.4) is 0 Å². The molecule has 0 aliphatic heterocycles. The number of hydrogen-bond donors (Lipinski definition) is 2. The third kappa shape index (κ3) is 3.21. The molecule has 0 spiro atoms. The minimum absolute atomic E-state index is 0.144. The van der Waals surface area contributed by atoms with E-state index in [1.54, 1.807) is 0 Å². The van der Waals surface area contributed by atoms with Crippen molar-refractivity contribution in [3.05, 3.63) is 35.9 Å². The number of amides is 1. The lowest BCUT2D eigenvalue weighted by Crippen LogP contribution is -2.46. The Labute approximate surface area is 121 Å². The highest BCUT2D eigenvalue weighted by atomic mass is 16.2. The summed E-state index contributed by atoms with van der Waals surface area (Å²) in [6.07, 6.45) is 3.76. The lowest BCUT2D eigenvalue weighted by Gasteiger charge is -2.28. The number of carbonyl (C=O) groups excluding carboxylic acids is 1. The van der Waals surface area contributed by atoms with Crippen LogP contribution in [-0.2, 0) is 11.2 Å². The van der Waals surface area contributed by atoms with Crippen LogP contribution in [0.2, 0.25) is 0 Å². The maximum absolute atomic E-state index is 12.4. The first-order chi connectivity index (χ1) is 9.65. The van der Waals surface area contributed by atoms with Gasteiger partial charge in [-0.3, -0.25) is 4.79 Å². The SMILES string of the molecule is CCC(CC)(CN)C(=O)NC1CC1Cc1ccccc1. The third-order valence-corrected chi connectivity index (χ3v) is 4.81. The maximum Gasteiger partial charge on any atom is 0.227 e. The summed E-state index contributed by atoms with van der Waals surface area (Å²) in [6, 6.07) is 10.8. The van der Waals surface area contributed by atoms with Crippen molar-refractivity contribution in [2.75, 3.05) is 6.54 Å². The summed E-state index contributed by atoms with van der Waals surface area (Å²) >= 11 is 0. The van der Waals surface area contributed by atoms with Crippen molar-refractivity contribution in [1.82, 2.24) is 5.32 Å². The highest BCUT2D eigenvalue weighted by molar-refractivity contribution is 5.83. The van der Waals surface area contributed by atoms with Crippen LogP contribution in [0.5, 0.6) is 0 Å². The number of hydrogen-bond acceptors (Lipinski definition) is 2. The first-order valence-corrected chi connectivity index (χ1v) is 7.70. The Morgan fingerprint density at radius 2 is 1.95 bits per heavy atom. The first kappa shape index (κ1) is 15.0. The molecule has 0 radical (unpaired) electrons. The second-order valence-electron chi connectivity index (χ2n) is 5.96. The highest BCUT2D eigenvalue weighted by Crippen LogP contribution is 2.35. The highest BCUT2D eigenvalue weighted by Gasteiger charge is 2.42. The molecule has 3 nitrogen and oxygen atoms in total. The molecule has 1 aromatic rings. The zero-order valence-corrected chi connectivity index (χ0v) is 12.6. The molecule has 2 unspecified atom stereocenters. The Kier molecular flexibility index (Phi) is 4.81. The normalized spacial score (nSPS) is 21.6. The quantitative estimate of drug-likeness (QED) is 0.802. The molecule has 20 heavy (non-hydrogen) atoms. The van der Waals surface area contributed by atoms with Crippen molar-refractivity contribution in [3.63, 3.8) is 0 Å². The van der Waals surface area contributed by atoms with E-state index in [1.165, 1.54) is 5.56 Å². The van der Waals surface area contributed by atoms with E-state index in [0.717, 1.165) is 25.7 Å². The summed E-state index contributed by atoms with van der Waals surface area (Å²) in [7, 11) is 0. The predicted molar refractivity (Wildman–Crippen MR) is 82.3 cm³/mol. The van der Waals surface area contributed by atoms with Crippen LogP contribution in [0.25, 0.3) is 0 Å². The average molecular weight is 274 g/mol. The van der Waals surface area contributed by atoms with Crippen molar-refractivity contribution >= 4 is 5.91 Å². The molecule has 0 heterocycles. The van der Waals surface area contributed by atoms with Gasteiger partial charge in [0.15, 0.2) is 0 Å². The molecule has 3 heteroatoms. The number of nitrogens with one attached hydrogen (secondary N) is 1. The minimum Gasteiger partial charge on any atom is -0.353 e. The predicted octanol–water partition coefficient (Wildman–Crippen LogP) is 2.50. The molecule has 110 valence electrons. The van der Waals surface area contributed by atoms with Gasteiger partial charge in [-0.15, -0.1) is 0 Å². The third-order valence-electron chi connectivity index (χ3n) is 4.81. The van der Waals surface area contributed by atoms with Crippen LogP contribution in [0.15, 0.2) is 30.3 Å². The van der Waals surface area contributed by atoms with E-state index >= 15 is 0 Å². The molecule has 0 aromatic heterocycles. The van der Waals surface area contributed by atoms with Gasteiger partial charge in [0, 0.05) is 12.6 Å². The Bertz CT molecular complexity index is 431. The number of nitrogens with two attached hydrogens (primary N) is 1. The molecule has 1 fully saturated rings. The van der Waals surface area contributed by atoms with Gasteiger partial charge in [0.2, 0.25) is 5.91 Å². The second-order valence-corrected chi connectivity index (χ2v) is 5.96. The summed E-state index contributed by atoms with van der Waals surface area (Å²) in [5.41, 5.74) is 6.80. The maximum atomic E-state index is 12.4. The largest absolute Gasteiger partial charge is 0.353 e. The molecule has 1 aliphatic rings. The molecule has 2 rings (SSSR count). The van der Waals surface area contributed by atoms with Crippen molar-refractivity contribution in [1.29, 1.82) is 0 Å². The number of carbonyl (C=O) groups is 1. The van der Waals surface area contributed by atoms with E-state index in [9.17, 15) is 4.79 Å². The van der Waals surface area contributed by atoms with Gasteiger partial charge < -0.3 is 11.1 Å². The van der Waals surface area contributed by atoms with Crippen molar-refractivity contribution in [2.45, 2.75) is 45.6 Å². The smallest absolute Gasteiger partial charge is 0.227 e. The van der Waals surface area contributed by atoms with E-state index in [2.05, 4.69) is 29.6 Å². The lowest BCUT2D eigenvalue weighted by atomic mass is 9.81. The molecule has 0 bridgehead atoms. The molecule has 2 atom stereocenters. The van der Waals surface area contributed by atoms with E-state index in [0.29, 0.717) is 18.5 Å². The first-order valence-electron chi connectivity index (χ1n) is 7.70. The van der Waals surface area contributed by atoms with Crippen LogP contribution in [-0.4, -0.2) is 18.5 Å². The van der Waals surface area contributed by atoms with Gasteiger partial charge in [-0.05, 0) is 37.2 Å². The zero-order chi connectivity index (χ0) is 14.6. The zero-order valence-electron chi connectivity index (χ0n) is 12.6. The van der Waals surface area contributed by atoms with Gasteiger partial charge in [0.1, 0.15) is 0 Å². The number of benzene rings is 1. The van der Waals surface area contributed by atoms with Crippen LogP contribution in [0.1, 0.15) is 38.7 Å². The monoisotopic (exact) mass is 274 g/mol. The Morgan fingerprint density at radius 3 is 2.50 bits per heavy atom. The van der Waals surface area contributed by atoms with E-state index in [-0.39, 0.29) is 11.3 Å². The van der Waals surface area contributed by atoms with Gasteiger partial charge >= 0.3 is 0 Å². The second kappa shape index (κ2) is 6.40. The molecular formula is C17H26N2O. The fourth-order valence-electron chi connectivity index (χ4n) is 2.84. The summed E-state index contributed by atoms with van der Waals surface area (Å²) in [5.74, 6) is 0.732. The lowest BCUT2D eigenvalue weighted by molar-refractivity contribution is -0.131.